The molecule has 162 valence electrons. The molecule has 1 aliphatic rings. The minimum absolute atomic E-state index is 0.0262. The first kappa shape index (κ1) is 21.8. The highest BCUT2D eigenvalue weighted by molar-refractivity contribution is 5.73. The molecule has 1 atom stereocenters. The minimum atomic E-state index is -0.158. The summed E-state index contributed by atoms with van der Waals surface area (Å²) in [5.41, 5.74) is 3.58. The lowest BCUT2D eigenvalue weighted by atomic mass is 9.91. The fraction of sp³-hybridized carbons (Fsp3) is 0.435. The summed E-state index contributed by atoms with van der Waals surface area (Å²) in [6.07, 6.45) is 0.906. The van der Waals surface area contributed by atoms with Crippen molar-refractivity contribution in [2.75, 3.05) is 41.0 Å². The number of carbonyl (C=O) groups excluding carboxylic acids is 1. The molecule has 0 saturated carbocycles. The zero-order chi connectivity index (χ0) is 21.5. The van der Waals surface area contributed by atoms with Crippen molar-refractivity contribution in [1.29, 1.82) is 0 Å². The predicted molar refractivity (Wildman–Crippen MR) is 116 cm³/mol. The molecule has 2 N–H and O–H groups in total. The summed E-state index contributed by atoms with van der Waals surface area (Å²) in [4.78, 5) is 14.4. The van der Waals surface area contributed by atoms with E-state index in [-0.39, 0.29) is 12.1 Å². The Labute approximate surface area is 178 Å². The minimum Gasteiger partial charge on any atom is -0.497 e. The number of nitrogens with zero attached hydrogens (tertiary/aromatic N) is 1. The maximum Gasteiger partial charge on any atom is 0.314 e. The molecule has 2 aromatic rings. The van der Waals surface area contributed by atoms with Crippen LogP contribution in [0.5, 0.6) is 17.2 Å². The number of fused-ring (bicyclic) bond motifs is 1. The van der Waals surface area contributed by atoms with Gasteiger partial charge in [0.15, 0.2) is 11.5 Å². The van der Waals surface area contributed by atoms with E-state index in [0.29, 0.717) is 18.8 Å². The van der Waals surface area contributed by atoms with Gasteiger partial charge < -0.3 is 24.8 Å². The number of carbonyl (C=O) groups is 1. The van der Waals surface area contributed by atoms with E-state index >= 15 is 0 Å². The molecule has 2 aromatic carbocycles. The summed E-state index contributed by atoms with van der Waals surface area (Å²) in [6.45, 7) is 4.66. The van der Waals surface area contributed by atoms with Crippen LogP contribution in [0.15, 0.2) is 36.4 Å². The van der Waals surface area contributed by atoms with Crippen LogP contribution in [0.25, 0.3) is 0 Å². The van der Waals surface area contributed by atoms with E-state index in [0.717, 1.165) is 36.6 Å². The molecule has 0 aliphatic carbocycles. The van der Waals surface area contributed by atoms with Crippen LogP contribution in [0.1, 0.15) is 29.7 Å². The normalized spacial score (nSPS) is 15.8. The number of methoxy groups -OCH3 is 3. The van der Waals surface area contributed by atoms with Gasteiger partial charge >= 0.3 is 6.03 Å². The molecule has 7 heteroatoms. The lowest BCUT2D eigenvalue weighted by Crippen LogP contribution is -2.44. The van der Waals surface area contributed by atoms with Gasteiger partial charge in [0.05, 0.1) is 27.4 Å². The predicted octanol–water partition coefficient (Wildman–Crippen LogP) is 3.13. The summed E-state index contributed by atoms with van der Waals surface area (Å²) in [5.74, 6) is 2.27. The second-order valence-electron chi connectivity index (χ2n) is 7.23. The first-order valence-electron chi connectivity index (χ1n) is 10.2. The summed E-state index contributed by atoms with van der Waals surface area (Å²) in [5, 5.41) is 5.81. The Hall–Kier alpha value is -2.93. The molecule has 1 aliphatic heterocycles. The molecular formula is C23H31N3O4. The third kappa shape index (κ3) is 4.97. The molecule has 3 rings (SSSR count). The van der Waals surface area contributed by atoms with E-state index in [9.17, 15) is 4.79 Å². The highest BCUT2D eigenvalue weighted by Crippen LogP contribution is 2.38. The van der Waals surface area contributed by atoms with Crippen LogP contribution in [-0.4, -0.2) is 51.9 Å². The number of urea groups is 1. The average molecular weight is 414 g/mol. The van der Waals surface area contributed by atoms with Crippen molar-refractivity contribution >= 4 is 6.03 Å². The van der Waals surface area contributed by atoms with Crippen molar-refractivity contribution < 1.29 is 19.0 Å². The third-order valence-electron chi connectivity index (χ3n) is 5.45. The van der Waals surface area contributed by atoms with Crippen LogP contribution in [0.2, 0.25) is 0 Å². The van der Waals surface area contributed by atoms with Gasteiger partial charge in [-0.2, -0.15) is 0 Å². The number of ether oxygens (including phenoxy) is 3. The van der Waals surface area contributed by atoms with Gasteiger partial charge in [0.2, 0.25) is 0 Å². The number of hydrogen-bond donors (Lipinski definition) is 2. The number of amides is 2. The van der Waals surface area contributed by atoms with Gasteiger partial charge in [-0.1, -0.05) is 12.1 Å². The van der Waals surface area contributed by atoms with Crippen LogP contribution in [0.4, 0.5) is 4.79 Å². The van der Waals surface area contributed by atoms with E-state index in [1.165, 1.54) is 11.1 Å². The molecule has 0 spiro atoms. The number of rotatable bonds is 8. The Balaban J connectivity index is 1.88. The van der Waals surface area contributed by atoms with Gasteiger partial charge in [-0.05, 0) is 54.3 Å². The molecule has 30 heavy (non-hydrogen) atoms. The SMILES string of the molecule is CCNC(=O)NC[C@@H]1c2cc(OC)c(OC)cc2CCN1Cc1ccc(OC)cc1. The highest BCUT2D eigenvalue weighted by atomic mass is 16.5. The van der Waals surface area contributed by atoms with Crippen LogP contribution < -0.4 is 24.8 Å². The molecule has 1 heterocycles. The summed E-state index contributed by atoms with van der Waals surface area (Å²) in [6, 6.07) is 12.1. The third-order valence-corrected chi connectivity index (χ3v) is 5.45. The van der Waals surface area contributed by atoms with Crippen LogP contribution >= 0.6 is 0 Å². The van der Waals surface area contributed by atoms with Crippen molar-refractivity contribution in [3.8, 4) is 17.2 Å². The molecule has 0 bridgehead atoms. The summed E-state index contributed by atoms with van der Waals surface area (Å²) >= 11 is 0. The molecule has 0 unspecified atom stereocenters. The van der Waals surface area contributed by atoms with Crippen LogP contribution in [-0.2, 0) is 13.0 Å². The van der Waals surface area contributed by atoms with Gasteiger partial charge in [0.1, 0.15) is 5.75 Å². The van der Waals surface area contributed by atoms with Crippen LogP contribution in [0, 0.1) is 0 Å². The largest absolute Gasteiger partial charge is 0.497 e. The first-order chi connectivity index (χ1) is 14.6. The van der Waals surface area contributed by atoms with E-state index < -0.39 is 0 Å². The fourth-order valence-corrected chi connectivity index (χ4v) is 3.89. The molecule has 2 amide bonds. The Kier molecular flexibility index (Phi) is 7.41. The Morgan fingerprint density at radius 3 is 2.37 bits per heavy atom. The summed E-state index contributed by atoms with van der Waals surface area (Å²) < 4.78 is 16.3. The van der Waals surface area contributed by atoms with Crippen molar-refractivity contribution in [3.05, 3.63) is 53.1 Å². The van der Waals surface area contributed by atoms with Crippen molar-refractivity contribution in [1.82, 2.24) is 15.5 Å². The average Bonchev–Trinajstić information content (AvgIpc) is 2.78. The number of nitrogens with one attached hydrogen (secondary N) is 2. The fourth-order valence-electron chi connectivity index (χ4n) is 3.89. The Morgan fingerprint density at radius 2 is 1.73 bits per heavy atom. The van der Waals surface area contributed by atoms with Crippen LogP contribution in [0.3, 0.4) is 0 Å². The highest BCUT2D eigenvalue weighted by Gasteiger charge is 2.29. The molecule has 0 aromatic heterocycles. The molecule has 7 nitrogen and oxygen atoms in total. The second kappa shape index (κ2) is 10.2. The van der Waals surface area contributed by atoms with Crippen molar-refractivity contribution in [3.63, 3.8) is 0 Å². The zero-order valence-corrected chi connectivity index (χ0v) is 18.2. The Bertz CT molecular complexity index is 854. The second-order valence-corrected chi connectivity index (χ2v) is 7.23. The van der Waals surface area contributed by atoms with Crippen molar-refractivity contribution in [2.45, 2.75) is 25.9 Å². The van der Waals surface area contributed by atoms with E-state index in [2.05, 4.69) is 33.7 Å². The molecular weight excluding hydrogens is 382 g/mol. The van der Waals surface area contributed by atoms with Gasteiger partial charge in [-0.25, -0.2) is 4.79 Å². The smallest absolute Gasteiger partial charge is 0.314 e. The molecule has 0 radical (unpaired) electrons. The Morgan fingerprint density at radius 1 is 1.03 bits per heavy atom. The zero-order valence-electron chi connectivity index (χ0n) is 18.2. The van der Waals surface area contributed by atoms with E-state index in [1.54, 1.807) is 21.3 Å². The van der Waals surface area contributed by atoms with Gasteiger partial charge in [-0.3, -0.25) is 4.90 Å². The lowest BCUT2D eigenvalue weighted by Gasteiger charge is -2.38. The first-order valence-corrected chi connectivity index (χ1v) is 10.2. The summed E-state index contributed by atoms with van der Waals surface area (Å²) in [7, 11) is 4.96. The quantitative estimate of drug-likeness (QED) is 0.696. The molecule has 0 saturated heterocycles. The monoisotopic (exact) mass is 413 g/mol. The topological polar surface area (TPSA) is 72.1 Å². The lowest BCUT2D eigenvalue weighted by molar-refractivity contribution is 0.170. The van der Waals surface area contributed by atoms with E-state index in [1.807, 2.05) is 25.1 Å². The maximum atomic E-state index is 12.1. The van der Waals surface area contributed by atoms with E-state index in [4.69, 9.17) is 14.2 Å². The number of benzene rings is 2. The van der Waals surface area contributed by atoms with Gasteiger partial charge in [0, 0.05) is 26.2 Å². The number of hydrogen-bond acceptors (Lipinski definition) is 5. The standard InChI is InChI=1S/C23H31N3O4/c1-5-24-23(27)25-14-20-19-13-22(30-4)21(29-3)12-17(19)10-11-26(20)15-16-6-8-18(28-2)9-7-16/h6-9,12-13,20H,5,10-11,14-15H2,1-4H3,(H2,24,25,27)/t20-/m1/s1. The van der Waals surface area contributed by atoms with Gasteiger partial charge in [0.25, 0.3) is 0 Å². The maximum absolute atomic E-state index is 12.1. The van der Waals surface area contributed by atoms with Gasteiger partial charge in [-0.15, -0.1) is 0 Å². The van der Waals surface area contributed by atoms with Crippen molar-refractivity contribution in [2.24, 2.45) is 0 Å². The molecule has 0 fully saturated rings.